The molecular weight excluding hydrogens is 252 g/mol. The maximum Gasteiger partial charge on any atom is 0.354 e. The Morgan fingerprint density at radius 3 is 2.95 bits per heavy atom. The van der Waals surface area contributed by atoms with E-state index in [1.807, 2.05) is 18.2 Å². The van der Waals surface area contributed by atoms with Gasteiger partial charge in [-0.2, -0.15) is 0 Å². The van der Waals surface area contributed by atoms with Crippen LogP contribution in [-0.2, 0) is 13.0 Å². The molecule has 0 saturated carbocycles. The first-order valence-corrected chi connectivity index (χ1v) is 6.68. The maximum absolute atomic E-state index is 11.2. The van der Waals surface area contributed by atoms with Gasteiger partial charge in [-0.25, -0.2) is 9.78 Å². The summed E-state index contributed by atoms with van der Waals surface area (Å²) in [5.41, 5.74) is 3.41. The number of hydrogen-bond acceptors (Lipinski definition) is 3. The van der Waals surface area contributed by atoms with Gasteiger partial charge in [0, 0.05) is 30.0 Å². The lowest BCUT2D eigenvalue weighted by Gasteiger charge is -2.25. The number of carboxylic acids is 1. The number of para-hydroxylation sites is 1. The zero-order chi connectivity index (χ0) is 14.1. The van der Waals surface area contributed by atoms with Crippen LogP contribution >= 0.6 is 0 Å². The first-order valence-electron chi connectivity index (χ1n) is 6.68. The molecule has 4 heteroatoms. The van der Waals surface area contributed by atoms with E-state index in [0.717, 1.165) is 12.0 Å². The number of aromatic carboxylic acids is 1. The Bertz CT molecular complexity index is 654. The molecule has 0 spiro atoms. The number of anilines is 1. The Kier molecular flexibility index (Phi) is 3.14. The zero-order valence-electron chi connectivity index (χ0n) is 11.3. The summed E-state index contributed by atoms with van der Waals surface area (Å²) in [6, 6.07) is 12.3. The van der Waals surface area contributed by atoms with Crippen molar-refractivity contribution in [3.05, 3.63) is 59.4 Å². The summed E-state index contributed by atoms with van der Waals surface area (Å²) in [6.45, 7) is 2.74. The van der Waals surface area contributed by atoms with Gasteiger partial charge in [0.1, 0.15) is 0 Å². The van der Waals surface area contributed by atoms with Gasteiger partial charge in [-0.3, -0.25) is 0 Å². The molecule has 4 nitrogen and oxygen atoms in total. The summed E-state index contributed by atoms with van der Waals surface area (Å²) < 4.78 is 0. The average molecular weight is 268 g/mol. The van der Waals surface area contributed by atoms with Crippen LogP contribution in [0.2, 0.25) is 0 Å². The van der Waals surface area contributed by atoms with Gasteiger partial charge in [-0.15, -0.1) is 0 Å². The van der Waals surface area contributed by atoms with Crippen LogP contribution in [0.5, 0.6) is 0 Å². The van der Waals surface area contributed by atoms with E-state index in [1.54, 1.807) is 6.07 Å². The topological polar surface area (TPSA) is 53.4 Å². The Morgan fingerprint density at radius 1 is 1.35 bits per heavy atom. The fourth-order valence-electron chi connectivity index (χ4n) is 2.81. The van der Waals surface area contributed by atoms with Crippen LogP contribution in [0.4, 0.5) is 5.69 Å². The third-order valence-electron chi connectivity index (χ3n) is 3.78. The highest BCUT2D eigenvalue weighted by Gasteiger charge is 2.26. The standard InChI is InChI=1S/C16H16N2O2/c1-11-9-12-5-2-3-7-14(12)18(11)10-13-6-4-8-17-15(13)16(19)20/h2-8,11H,9-10H2,1H3,(H,19,20). The summed E-state index contributed by atoms with van der Waals surface area (Å²) in [4.78, 5) is 17.5. The normalized spacial score (nSPS) is 17.1. The second-order valence-corrected chi connectivity index (χ2v) is 5.13. The first kappa shape index (κ1) is 12.7. The zero-order valence-corrected chi connectivity index (χ0v) is 11.3. The number of benzene rings is 1. The Balaban J connectivity index is 1.94. The molecule has 1 aromatic carbocycles. The molecule has 1 aromatic heterocycles. The van der Waals surface area contributed by atoms with Gasteiger partial charge >= 0.3 is 5.97 Å². The Morgan fingerprint density at radius 2 is 2.15 bits per heavy atom. The number of rotatable bonds is 3. The van der Waals surface area contributed by atoms with E-state index >= 15 is 0 Å². The number of hydrogen-bond donors (Lipinski definition) is 1. The van der Waals surface area contributed by atoms with E-state index in [9.17, 15) is 9.90 Å². The smallest absolute Gasteiger partial charge is 0.354 e. The highest BCUT2D eigenvalue weighted by molar-refractivity contribution is 5.87. The van der Waals surface area contributed by atoms with Crippen LogP contribution in [-0.4, -0.2) is 22.1 Å². The van der Waals surface area contributed by atoms with Gasteiger partial charge < -0.3 is 10.0 Å². The van der Waals surface area contributed by atoms with Crippen LogP contribution in [0.25, 0.3) is 0 Å². The highest BCUT2D eigenvalue weighted by Crippen LogP contribution is 2.33. The lowest BCUT2D eigenvalue weighted by molar-refractivity contribution is 0.0689. The quantitative estimate of drug-likeness (QED) is 0.930. The van der Waals surface area contributed by atoms with Crippen molar-refractivity contribution in [1.29, 1.82) is 0 Å². The lowest BCUT2D eigenvalue weighted by Crippen LogP contribution is -2.29. The summed E-state index contributed by atoms with van der Waals surface area (Å²) in [6.07, 6.45) is 2.52. The molecule has 0 saturated heterocycles. The van der Waals surface area contributed by atoms with Crippen molar-refractivity contribution in [2.45, 2.75) is 25.9 Å². The number of carboxylic acid groups (broad SMARTS) is 1. The van der Waals surface area contributed by atoms with E-state index in [2.05, 4.69) is 28.9 Å². The van der Waals surface area contributed by atoms with E-state index in [4.69, 9.17) is 0 Å². The second-order valence-electron chi connectivity index (χ2n) is 5.13. The lowest BCUT2D eigenvalue weighted by atomic mass is 10.1. The molecule has 3 rings (SSSR count). The molecule has 1 N–H and O–H groups in total. The highest BCUT2D eigenvalue weighted by atomic mass is 16.4. The van der Waals surface area contributed by atoms with Crippen molar-refractivity contribution in [3.63, 3.8) is 0 Å². The Hall–Kier alpha value is -2.36. The van der Waals surface area contributed by atoms with Gasteiger partial charge in [0.15, 0.2) is 5.69 Å². The van der Waals surface area contributed by atoms with Crippen LogP contribution in [0.15, 0.2) is 42.6 Å². The molecule has 0 radical (unpaired) electrons. The van der Waals surface area contributed by atoms with Gasteiger partial charge in [-0.05, 0) is 31.0 Å². The fourth-order valence-corrected chi connectivity index (χ4v) is 2.81. The van der Waals surface area contributed by atoms with Crippen LogP contribution in [0.3, 0.4) is 0 Å². The van der Waals surface area contributed by atoms with Gasteiger partial charge in [0.25, 0.3) is 0 Å². The van der Waals surface area contributed by atoms with E-state index < -0.39 is 5.97 Å². The summed E-state index contributed by atoms with van der Waals surface area (Å²) in [5, 5.41) is 9.22. The van der Waals surface area contributed by atoms with Crippen molar-refractivity contribution in [2.75, 3.05) is 4.90 Å². The molecule has 1 aliphatic rings. The molecule has 0 bridgehead atoms. The minimum absolute atomic E-state index is 0.143. The van der Waals surface area contributed by atoms with Crippen molar-refractivity contribution in [3.8, 4) is 0 Å². The predicted molar refractivity (Wildman–Crippen MR) is 77.0 cm³/mol. The van der Waals surface area contributed by atoms with Crippen molar-refractivity contribution >= 4 is 11.7 Å². The maximum atomic E-state index is 11.2. The van der Waals surface area contributed by atoms with Crippen LogP contribution in [0, 0.1) is 0 Å². The monoisotopic (exact) mass is 268 g/mol. The summed E-state index contributed by atoms with van der Waals surface area (Å²) in [7, 11) is 0. The Labute approximate surface area is 117 Å². The average Bonchev–Trinajstić information content (AvgIpc) is 2.76. The number of nitrogens with zero attached hydrogens (tertiary/aromatic N) is 2. The second kappa shape index (κ2) is 4.96. The molecule has 2 aromatic rings. The number of carbonyl (C=O) groups is 1. The molecule has 0 fully saturated rings. The van der Waals surface area contributed by atoms with E-state index in [0.29, 0.717) is 12.6 Å². The third-order valence-corrected chi connectivity index (χ3v) is 3.78. The molecule has 1 atom stereocenters. The number of pyridine rings is 1. The first-order chi connectivity index (χ1) is 9.66. The predicted octanol–water partition coefficient (Wildman–Crippen LogP) is 2.73. The summed E-state index contributed by atoms with van der Waals surface area (Å²) in [5.74, 6) is -0.972. The summed E-state index contributed by atoms with van der Waals surface area (Å²) >= 11 is 0. The minimum atomic E-state index is -0.972. The third kappa shape index (κ3) is 2.13. The van der Waals surface area contributed by atoms with E-state index in [1.165, 1.54) is 17.4 Å². The molecule has 2 heterocycles. The molecule has 102 valence electrons. The number of fused-ring (bicyclic) bond motifs is 1. The van der Waals surface area contributed by atoms with Crippen molar-refractivity contribution in [2.24, 2.45) is 0 Å². The molecular formula is C16H16N2O2. The molecule has 0 aliphatic carbocycles. The van der Waals surface area contributed by atoms with Crippen LogP contribution < -0.4 is 4.90 Å². The van der Waals surface area contributed by atoms with Crippen molar-refractivity contribution < 1.29 is 9.90 Å². The molecule has 1 unspecified atom stereocenters. The molecule has 20 heavy (non-hydrogen) atoms. The fraction of sp³-hybridized carbons (Fsp3) is 0.250. The van der Waals surface area contributed by atoms with Gasteiger partial charge in [0.2, 0.25) is 0 Å². The molecule has 0 amide bonds. The largest absolute Gasteiger partial charge is 0.477 e. The van der Waals surface area contributed by atoms with E-state index in [-0.39, 0.29) is 5.69 Å². The van der Waals surface area contributed by atoms with Gasteiger partial charge in [0.05, 0.1) is 0 Å². The molecule has 1 aliphatic heterocycles. The SMILES string of the molecule is CC1Cc2ccccc2N1Cc1cccnc1C(=O)O. The van der Waals surface area contributed by atoms with Crippen molar-refractivity contribution in [1.82, 2.24) is 4.98 Å². The number of aromatic nitrogens is 1. The minimum Gasteiger partial charge on any atom is -0.477 e. The van der Waals surface area contributed by atoms with Gasteiger partial charge in [-0.1, -0.05) is 24.3 Å². The van der Waals surface area contributed by atoms with Crippen LogP contribution in [0.1, 0.15) is 28.5 Å².